The van der Waals surface area contributed by atoms with E-state index in [4.69, 9.17) is 0 Å². The minimum Gasteiger partial charge on any atom is -0.312 e. The van der Waals surface area contributed by atoms with Crippen molar-refractivity contribution in [2.45, 2.75) is 23.7 Å². The highest BCUT2D eigenvalue weighted by atomic mass is 32.2. The third kappa shape index (κ3) is 4.95. The molecule has 1 atom stereocenters. The molecule has 1 heterocycles. The summed E-state index contributed by atoms with van der Waals surface area (Å²) in [4.78, 5) is 24.5. The first-order valence-electron chi connectivity index (χ1n) is 6.54. The van der Waals surface area contributed by atoms with Crippen molar-refractivity contribution >= 4 is 40.2 Å². The monoisotopic (exact) mass is 349 g/mol. The van der Waals surface area contributed by atoms with Crippen LogP contribution in [0.5, 0.6) is 0 Å². The van der Waals surface area contributed by atoms with Gasteiger partial charge in [-0.2, -0.15) is 13.2 Å². The van der Waals surface area contributed by atoms with Crippen molar-refractivity contribution < 1.29 is 22.8 Å². The Morgan fingerprint density at radius 3 is 2.77 bits per heavy atom. The van der Waals surface area contributed by atoms with Gasteiger partial charge in [-0.05, 0) is 35.9 Å². The summed E-state index contributed by atoms with van der Waals surface area (Å²) in [6.45, 7) is 1.90. The quantitative estimate of drug-likeness (QED) is 0.772. The maximum absolute atomic E-state index is 12.4. The average Bonchev–Trinajstić information content (AvgIpc) is 2.76. The van der Waals surface area contributed by atoms with E-state index >= 15 is 0 Å². The Morgan fingerprint density at radius 1 is 1.41 bits per heavy atom. The van der Waals surface area contributed by atoms with Gasteiger partial charge in [-0.3, -0.25) is 9.59 Å². The van der Waals surface area contributed by atoms with E-state index in [9.17, 15) is 22.8 Å². The van der Waals surface area contributed by atoms with E-state index in [1.54, 1.807) is 6.07 Å². The third-order valence-corrected chi connectivity index (χ3v) is 4.86. The molecular weight excluding hydrogens is 335 g/mol. The number of hydrogen-bond donors (Lipinski definition) is 0. The lowest BCUT2D eigenvalue weighted by atomic mass is 10.1. The van der Waals surface area contributed by atoms with Crippen molar-refractivity contribution in [1.82, 2.24) is 0 Å². The maximum atomic E-state index is 12.4. The summed E-state index contributed by atoms with van der Waals surface area (Å²) in [7, 11) is 0. The van der Waals surface area contributed by atoms with Crippen molar-refractivity contribution in [2.75, 3.05) is 17.2 Å². The SMILES string of the molecule is CC(=O)SCC1CC(=O)N(c2cccc(SC(F)(F)F)c2)C1. The molecule has 2 rings (SSSR count). The predicted molar refractivity (Wildman–Crippen MR) is 82.0 cm³/mol. The minimum absolute atomic E-state index is 0.00512. The van der Waals surface area contributed by atoms with Crippen LogP contribution in [0.2, 0.25) is 0 Å². The van der Waals surface area contributed by atoms with Gasteiger partial charge < -0.3 is 4.90 Å². The van der Waals surface area contributed by atoms with E-state index in [0.717, 1.165) is 0 Å². The molecular formula is C14H14F3NO2S2. The first-order valence-corrected chi connectivity index (χ1v) is 8.34. The molecule has 3 nitrogen and oxygen atoms in total. The number of amides is 1. The molecule has 0 N–H and O–H groups in total. The van der Waals surface area contributed by atoms with Gasteiger partial charge in [0, 0.05) is 36.2 Å². The smallest absolute Gasteiger partial charge is 0.312 e. The van der Waals surface area contributed by atoms with Crippen LogP contribution in [-0.2, 0) is 9.59 Å². The van der Waals surface area contributed by atoms with E-state index in [1.807, 2.05) is 0 Å². The molecule has 0 spiro atoms. The molecule has 1 fully saturated rings. The number of nitrogens with zero attached hydrogens (tertiary/aromatic N) is 1. The number of halogens is 3. The highest BCUT2D eigenvalue weighted by Crippen LogP contribution is 2.38. The fourth-order valence-electron chi connectivity index (χ4n) is 2.23. The summed E-state index contributed by atoms with van der Waals surface area (Å²) < 4.78 is 37.2. The standard InChI is InChI=1S/C14H14F3NO2S2/c1-9(19)21-8-10-5-13(20)18(7-10)11-3-2-4-12(6-11)22-14(15,16)17/h2-4,6,10H,5,7-8H2,1H3. The highest BCUT2D eigenvalue weighted by molar-refractivity contribution is 8.13. The Bertz CT molecular complexity index is 577. The van der Waals surface area contributed by atoms with Crippen LogP contribution in [0.25, 0.3) is 0 Å². The van der Waals surface area contributed by atoms with Gasteiger partial charge in [-0.25, -0.2) is 0 Å². The topological polar surface area (TPSA) is 37.4 Å². The Kier molecular flexibility index (Phi) is 5.44. The van der Waals surface area contributed by atoms with Crippen LogP contribution in [-0.4, -0.2) is 28.8 Å². The van der Waals surface area contributed by atoms with Crippen LogP contribution in [0, 0.1) is 5.92 Å². The van der Waals surface area contributed by atoms with E-state index < -0.39 is 5.51 Å². The summed E-state index contributed by atoms with van der Waals surface area (Å²) in [5.74, 6) is 0.470. The number of benzene rings is 1. The van der Waals surface area contributed by atoms with Crippen LogP contribution in [0.1, 0.15) is 13.3 Å². The van der Waals surface area contributed by atoms with E-state index in [-0.39, 0.29) is 33.6 Å². The second kappa shape index (κ2) is 6.95. The molecule has 1 aromatic rings. The van der Waals surface area contributed by atoms with Crippen LogP contribution in [0.3, 0.4) is 0 Å². The van der Waals surface area contributed by atoms with Gasteiger partial charge in [0.25, 0.3) is 0 Å². The number of hydrogen-bond acceptors (Lipinski definition) is 4. The first kappa shape index (κ1) is 17.2. The van der Waals surface area contributed by atoms with E-state index in [1.165, 1.54) is 41.8 Å². The number of thioether (sulfide) groups is 2. The Hall–Kier alpha value is -1.15. The second-order valence-electron chi connectivity index (χ2n) is 4.92. The predicted octanol–water partition coefficient (Wildman–Crippen LogP) is 3.93. The fourth-order valence-corrected chi connectivity index (χ4v) is 3.51. The molecule has 0 aliphatic carbocycles. The van der Waals surface area contributed by atoms with Gasteiger partial charge in [0.05, 0.1) is 0 Å². The second-order valence-corrected chi connectivity index (χ2v) is 7.26. The first-order chi connectivity index (χ1) is 10.2. The van der Waals surface area contributed by atoms with Crippen LogP contribution < -0.4 is 4.90 Å². The molecule has 0 saturated carbocycles. The molecule has 1 aliphatic heterocycles. The molecule has 0 radical (unpaired) electrons. The fraction of sp³-hybridized carbons (Fsp3) is 0.429. The third-order valence-electron chi connectivity index (χ3n) is 3.09. The van der Waals surface area contributed by atoms with E-state index in [2.05, 4.69) is 0 Å². The Morgan fingerprint density at radius 2 is 2.14 bits per heavy atom. The minimum atomic E-state index is -4.35. The zero-order chi connectivity index (χ0) is 16.3. The van der Waals surface area contributed by atoms with Gasteiger partial charge >= 0.3 is 5.51 Å². The lowest BCUT2D eigenvalue weighted by Crippen LogP contribution is -2.24. The molecule has 1 saturated heterocycles. The van der Waals surface area contributed by atoms with E-state index in [0.29, 0.717) is 24.4 Å². The zero-order valence-electron chi connectivity index (χ0n) is 11.7. The zero-order valence-corrected chi connectivity index (χ0v) is 13.4. The Labute approximate surface area is 134 Å². The van der Waals surface area contributed by atoms with Crippen molar-refractivity contribution in [3.8, 4) is 0 Å². The maximum Gasteiger partial charge on any atom is 0.446 e. The molecule has 8 heteroatoms. The van der Waals surface area contributed by atoms with Crippen LogP contribution >= 0.6 is 23.5 Å². The summed E-state index contributed by atoms with van der Waals surface area (Å²) in [6, 6.07) is 5.87. The largest absolute Gasteiger partial charge is 0.446 e. The molecule has 1 unspecified atom stereocenters. The van der Waals surface area contributed by atoms with Crippen molar-refractivity contribution in [3.05, 3.63) is 24.3 Å². The normalized spacial score (nSPS) is 18.8. The van der Waals surface area contributed by atoms with Gasteiger partial charge in [0.1, 0.15) is 0 Å². The average molecular weight is 349 g/mol. The summed E-state index contributed by atoms with van der Waals surface area (Å²) in [5, 5.41) is -0.00512. The number of anilines is 1. The molecule has 0 aromatic heterocycles. The Balaban J connectivity index is 2.06. The molecule has 120 valence electrons. The summed E-state index contributed by atoms with van der Waals surface area (Å²) in [5.41, 5.74) is -3.89. The summed E-state index contributed by atoms with van der Waals surface area (Å²) in [6.07, 6.45) is 0.316. The van der Waals surface area contributed by atoms with Crippen LogP contribution in [0.4, 0.5) is 18.9 Å². The number of rotatable bonds is 4. The molecule has 1 aliphatic rings. The number of carbonyl (C=O) groups is 2. The molecule has 0 bridgehead atoms. The van der Waals surface area contributed by atoms with Gasteiger partial charge in [-0.1, -0.05) is 17.8 Å². The lowest BCUT2D eigenvalue weighted by Gasteiger charge is -2.17. The molecule has 1 amide bonds. The van der Waals surface area contributed by atoms with Gasteiger partial charge in [-0.15, -0.1) is 0 Å². The lowest BCUT2D eigenvalue weighted by molar-refractivity contribution is -0.117. The van der Waals surface area contributed by atoms with Gasteiger partial charge in [0.15, 0.2) is 5.12 Å². The number of alkyl halides is 3. The van der Waals surface area contributed by atoms with Gasteiger partial charge in [0.2, 0.25) is 5.91 Å². The van der Waals surface area contributed by atoms with Crippen molar-refractivity contribution in [3.63, 3.8) is 0 Å². The summed E-state index contributed by atoms with van der Waals surface area (Å²) >= 11 is 0.971. The van der Waals surface area contributed by atoms with Crippen molar-refractivity contribution in [2.24, 2.45) is 5.92 Å². The van der Waals surface area contributed by atoms with Crippen LogP contribution in [0.15, 0.2) is 29.2 Å². The molecule has 1 aromatic carbocycles. The number of carbonyl (C=O) groups excluding carboxylic acids is 2. The molecule has 22 heavy (non-hydrogen) atoms. The highest BCUT2D eigenvalue weighted by Gasteiger charge is 2.32. The van der Waals surface area contributed by atoms with Crippen molar-refractivity contribution in [1.29, 1.82) is 0 Å².